The minimum atomic E-state index is 0.410. The molecule has 0 aliphatic carbocycles. The second-order valence-corrected chi connectivity index (χ2v) is 6.90. The highest BCUT2D eigenvalue weighted by atomic mass is 32.1. The van der Waals surface area contributed by atoms with Crippen LogP contribution in [-0.2, 0) is 11.2 Å². The third-order valence-corrected chi connectivity index (χ3v) is 4.93. The van der Waals surface area contributed by atoms with Crippen molar-refractivity contribution in [2.24, 2.45) is 4.99 Å². The van der Waals surface area contributed by atoms with Gasteiger partial charge in [-0.3, -0.25) is 4.99 Å². The van der Waals surface area contributed by atoms with Crippen LogP contribution in [0.25, 0.3) is 0 Å². The number of thiazole rings is 1. The molecule has 0 saturated carbocycles. The summed E-state index contributed by atoms with van der Waals surface area (Å²) in [6.07, 6.45) is 4.74. The van der Waals surface area contributed by atoms with Gasteiger partial charge in [-0.15, -0.1) is 11.3 Å². The lowest BCUT2D eigenvalue weighted by molar-refractivity contribution is 0.106. The lowest BCUT2D eigenvalue weighted by Gasteiger charge is -2.11. The number of aryl methyl sites for hydroxylation is 2. The van der Waals surface area contributed by atoms with E-state index in [1.165, 1.54) is 22.7 Å². The fraction of sp³-hybridized carbons (Fsp3) is 0.750. The second kappa shape index (κ2) is 9.10. The summed E-state index contributed by atoms with van der Waals surface area (Å²) in [5.74, 6) is 0.894. The number of ether oxygens (including phenoxy) is 1. The molecule has 0 spiro atoms. The standard InChI is InChI=1S/C16H28N4OS/c1-4-17-16(18-9-7-14-6-5-11-21-14)19-10-8-15-20-12(2)13(3)22-15/h14H,4-11H2,1-3H3,(H2,17,18,19). The van der Waals surface area contributed by atoms with Crippen LogP contribution >= 0.6 is 11.3 Å². The highest BCUT2D eigenvalue weighted by Crippen LogP contribution is 2.16. The predicted octanol–water partition coefficient (Wildman–Crippen LogP) is 2.43. The molecule has 2 rings (SSSR count). The van der Waals surface area contributed by atoms with Crippen LogP contribution in [0, 0.1) is 13.8 Å². The molecule has 1 aromatic rings. The van der Waals surface area contributed by atoms with E-state index in [9.17, 15) is 0 Å². The molecule has 2 N–H and O–H groups in total. The molecule has 0 radical (unpaired) electrons. The van der Waals surface area contributed by atoms with E-state index in [-0.39, 0.29) is 0 Å². The summed E-state index contributed by atoms with van der Waals surface area (Å²) >= 11 is 1.79. The number of aliphatic imine (C=N–C) groups is 1. The van der Waals surface area contributed by atoms with Crippen LogP contribution in [0.3, 0.4) is 0 Å². The van der Waals surface area contributed by atoms with E-state index in [1.54, 1.807) is 11.3 Å². The van der Waals surface area contributed by atoms with Gasteiger partial charge >= 0.3 is 0 Å². The molecule has 6 heteroatoms. The molecule has 1 aliphatic rings. The molecule has 1 atom stereocenters. The highest BCUT2D eigenvalue weighted by molar-refractivity contribution is 7.11. The molecule has 22 heavy (non-hydrogen) atoms. The summed E-state index contributed by atoms with van der Waals surface area (Å²) < 4.78 is 5.63. The Bertz CT molecular complexity index is 461. The fourth-order valence-corrected chi connectivity index (χ4v) is 3.40. The van der Waals surface area contributed by atoms with E-state index in [1.807, 2.05) is 0 Å². The van der Waals surface area contributed by atoms with Gasteiger partial charge in [0.15, 0.2) is 5.96 Å². The van der Waals surface area contributed by atoms with Crippen molar-refractivity contribution in [3.05, 3.63) is 15.6 Å². The largest absolute Gasteiger partial charge is 0.378 e. The first-order chi connectivity index (χ1) is 10.7. The molecule has 1 saturated heterocycles. The average molecular weight is 324 g/mol. The summed E-state index contributed by atoms with van der Waals surface area (Å²) in [5.41, 5.74) is 1.15. The van der Waals surface area contributed by atoms with E-state index in [4.69, 9.17) is 4.74 Å². The van der Waals surface area contributed by atoms with Crippen molar-refractivity contribution < 1.29 is 4.74 Å². The Hall–Kier alpha value is -1.14. The van der Waals surface area contributed by atoms with Crippen molar-refractivity contribution in [3.8, 4) is 0 Å². The Morgan fingerprint density at radius 1 is 1.41 bits per heavy atom. The molecule has 124 valence electrons. The molecule has 5 nitrogen and oxygen atoms in total. The third kappa shape index (κ3) is 5.57. The summed E-state index contributed by atoms with van der Waals surface area (Å²) in [5, 5.41) is 7.87. The van der Waals surface area contributed by atoms with Crippen LogP contribution in [0.1, 0.15) is 41.8 Å². The number of rotatable bonds is 7. The number of guanidine groups is 1. The maximum atomic E-state index is 5.63. The zero-order valence-corrected chi connectivity index (χ0v) is 14.8. The maximum Gasteiger partial charge on any atom is 0.191 e. The van der Waals surface area contributed by atoms with Crippen molar-refractivity contribution in [3.63, 3.8) is 0 Å². The Kier molecular flexibility index (Phi) is 7.12. The smallest absolute Gasteiger partial charge is 0.191 e. The molecule has 0 aromatic carbocycles. The molecule has 1 fully saturated rings. The summed E-state index contributed by atoms with van der Waals surface area (Å²) in [6, 6.07) is 0. The molecule has 0 amide bonds. The maximum absolute atomic E-state index is 5.63. The quantitative estimate of drug-likeness (QED) is 0.597. The first kappa shape index (κ1) is 17.2. The van der Waals surface area contributed by atoms with Gasteiger partial charge in [0.05, 0.1) is 16.8 Å². The van der Waals surface area contributed by atoms with Gasteiger partial charge in [0.2, 0.25) is 0 Å². The molecule has 1 aliphatic heterocycles. The van der Waals surface area contributed by atoms with Crippen molar-refractivity contribution >= 4 is 17.3 Å². The van der Waals surface area contributed by atoms with Crippen LogP contribution in [0.2, 0.25) is 0 Å². The predicted molar refractivity (Wildman–Crippen MR) is 92.9 cm³/mol. The van der Waals surface area contributed by atoms with Crippen LogP contribution in [0.5, 0.6) is 0 Å². The zero-order valence-electron chi connectivity index (χ0n) is 13.9. The summed E-state index contributed by atoms with van der Waals surface area (Å²) in [7, 11) is 0. The molecular formula is C16H28N4OS. The van der Waals surface area contributed by atoms with E-state index in [0.717, 1.165) is 50.7 Å². The number of hydrogen-bond donors (Lipinski definition) is 2. The minimum Gasteiger partial charge on any atom is -0.378 e. The van der Waals surface area contributed by atoms with E-state index in [2.05, 4.69) is 41.4 Å². The molecule has 2 heterocycles. The lowest BCUT2D eigenvalue weighted by atomic mass is 10.2. The van der Waals surface area contributed by atoms with Gasteiger partial charge in [0.1, 0.15) is 0 Å². The lowest BCUT2D eigenvalue weighted by Crippen LogP contribution is -2.38. The van der Waals surface area contributed by atoms with Gasteiger partial charge in [-0.2, -0.15) is 0 Å². The molecule has 1 aromatic heterocycles. The van der Waals surface area contributed by atoms with E-state index < -0.39 is 0 Å². The third-order valence-electron chi connectivity index (χ3n) is 3.79. The van der Waals surface area contributed by atoms with Crippen LogP contribution in [-0.4, -0.2) is 43.3 Å². The number of nitrogens with one attached hydrogen (secondary N) is 2. The van der Waals surface area contributed by atoms with Gasteiger partial charge in [-0.1, -0.05) is 0 Å². The Morgan fingerprint density at radius 2 is 2.27 bits per heavy atom. The first-order valence-corrected chi connectivity index (χ1v) is 9.07. The van der Waals surface area contributed by atoms with Crippen molar-refractivity contribution in [1.82, 2.24) is 15.6 Å². The zero-order chi connectivity index (χ0) is 15.8. The van der Waals surface area contributed by atoms with Crippen molar-refractivity contribution in [2.75, 3.05) is 26.2 Å². The van der Waals surface area contributed by atoms with Gasteiger partial charge < -0.3 is 15.4 Å². The molecule has 0 bridgehead atoms. The molecule has 1 unspecified atom stereocenters. The fourth-order valence-electron chi connectivity index (χ4n) is 2.47. The van der Waals surface area contributed by atoms with E-state index >= 15 is 0 Å². The number of nitrogens with zero attached hydrogens (tertiary/aromatic N) is 2. The van der Waals surface area contributed by atoms with Crippen molar-refractivity contribution in [2.45, 2.75) is 52.6 Å². The Labute approximate surface area is 137 Å². The van der Waals surface area contributed by atoms with Crippen LogP contribution < -0.4 is 10.6 Å². The number of hydrogen-bond acceptors (Lipinski definition) is 4. The van der Waals surface area contributed by atoms with Gasteiger partial charge in [0, 0.05) is 37.5 Å². The second-order valence-electron chi connectivity index (χ2n) is 5.61. The normalized spacial score (nSPS) is 18.7. The monoisotopic (exact) mass is 324 g/mol. The first-order valence-electron chi connectivity index (χ1n) is 8.25. The summed E-state index contributed by atoms with van der Waals surface area (Å²) in [4.78, 5) is 10.5. The number of aromatic nitrogens is 1. The highest BCUT2D eigenvalue weighted by Gasteiger charge is 2.14. The topological polar surface area (TPSA) is 58.5 Å². The SMILES string of the molecule is CCNC(=NCCC1CCCO1)NCCc1nc(C)c(C)s1. The average Bonchev–Trinajstić information content (AvgIpc) is 3.10. The van der Waals surface area contributed by atoms with Gasteiger partial charge in [0.25, 0.3) is 0 Å². The Morgan fingerprint density at radius 3 is 2.91 bits per heavy atom. The van der Waals surface area contributed by atoms with E-state index in [0.29, 0.717) is 6.10 Å². The minimum absolute atomic E-state index is 0.410. The van der Waals surface area contributed by atoms with Crippen LogP contribution in [0.15, 0.2) is 4.99 Å². The van der Waals surface area contributed by atoms with Gasteiger partial charge in [-0.05, 0) is 40.0 Å². The van der Waals surface area contributed by atoms with Gasteiger partial charge in [-0.25, -0.2) is 4.98 Å². The van der Waals surface area contributed by atoms with Crippen LogP contribution in [0.4, 0.5) is 0 Å². The summed E-state index contributed by atoms with van der Waals surface area (Å²) in [6.45, 7) is 9.75. The van der Waals surface area contributed by atoms with Crippen molar-refractivity contribution in [1.29, 1.82) is 0 Å². The molecular weight excluding hydrogens is 296 g/mol. The Balaban J connectivity index is 1.72.